The van der Waals surface area contributed by atoms with E-state index in [0.29, 0.717) is 41.9 Å². The first-order valence-electron chi connectivity index (χ1n) is 10.4. The van der Waals surface area contributed by atoms with Gasteiger partial charge >= 0.3 is 0 Å². The molecule has 0 spiro atoms. The Morgan fingerprint density at radius 3 is 2.79 bits per heavy atom. The minimum atomic E-state index is 0. The lowest BCUT2D eigenvalue weighted by molar-refractivity contribution is -0.144. The maximum atomic E-state index is 13.1. The van der Waals surface area contributed by atoms with Crippen molar-refractivity contribution in [3.8, 4) is 0 Å². The normalized spacial score (nSPS) is 30.6. The van der Waals surface area contributed by atoms with Crippen molar-refractivity contribution in [1.82, 2.24) is 30.1 Å². The van der Waals surface area contributed by atoms with Crippen LogP contribution in [0, 0.1) is 11.8 Å². The molecule has 28 heavy (non-hydrogen) atoms. The number of fused-ring (bicyclic) bond motifs is 4. The molecule has 2 bridgehead atoms. The Bertz CT molecular complexity index is 734. The molecule has 4 saturated heterocycles. The van der Waals surface area contributed by atoms with E-state index in [1.54, 1.807) is 0 Å². The van der Waals surface area contributed by atoms with Crippen LogP contribution in [0.2, 0.25) is 0 Å². The molecular formula is C19H29ClN6O2. The molecule has 4 fully saturated rings. The van der Waals surface area contributed by atoms with Crippen molar-refractivity contribution in [1.29, 1.82) is 0 Å². The van der Waals surface area contributed by atoms with Crippen molar-refractivity contribution < 1.29 is 9.59 Å². The molecule has 2 amide bonds. The number of carbonyl (C=O) groups is 2. The van der Waals surface area contributed by atoms with Crippen LogP contribution in [-0.4, -0.2) is 75.4 Å². The molecule has 0 radical (unpaired) electrons. The maximum Gasteiger partial charge on any atom is 0.276 e. The SMILES string of the molecule is Cl.O=C(c1cn(C2CCNCC2)nn1)N1C[C@H]2C[C@H](C1)[C@@H]1CCCC(=O)N1C2. The number of amides is 2. The van der Waals surface area contributed by atoms with Gasteiger partial charge in [0.05, 0.1) is 12.2 Å². The number of likely N-dealkylation sites (tertiary alicyclic amines) is 1. The Balaban J connectivity index is 0.00000192. The van der Waals surface area contributed by atoms with E-state index >= 15 is 0 Å². The molecule has 154 valence electrons. The first-order valence-corrected chi connectivity index (χ1v) is 10.4. The van der Waals surface area contributed by atoms with Crippen LogP contribution in [0.1, 0.15) is 55.1 Å². The quantitative estimate of drug-likeness (QED) is 0.792. The lowest BCUT2D eigenvalue weighted by Gasteiger charge is -2.52. The summed E-state index contributed by atoms with van der Waals surface area (Å²) in [6.07, 6.45) is 7.78. The van der Waals surface area contributed by atoms with Gasteiger partial charge in [-0.1, -0.05) is 5.21 Å². The Hall–Kier alpha value is -1.67. The number of aromatic nitrogens is 3. The number of nitrogens with zero attached hydrogens (tertiary/aromatic N) is 5. The van der Waals surface area contributed by atoms with E-state index in [-0.39, 0.29) is 18.3 Å². The second kappa shape index (κ2) is 7.99. The Kier molecular flexibility index (Phi) is 5.60. The van der Waals surface area contributed by atoms with Gasteiger partial charge in [0.1, 0.15) is 0 Å². The van der Waals surface area contributed by atoms with E-state index in [0.717, 1.165) is 64.8 Å². The number of carbonyl (C=O) groups excluding carboxylic acids is 2. The van der Waals surface area contributed by atoms with Gasteiger partial charge in [-0.15, -0.1) is 17.5 Å². The monoisotopic (exact) mass is 408 g/mol. The second-order valence-corrected chi connectivity index (χ2v) is 8.64. The number of halogens is 1. The Morgan fingerprint density at radius 2 is 1.96 bits per heavy atom. The maximum absolute atomic E-state index is 13.1. The molecule has 1 aromatic heterocycles. The van der Waals surface area contributed by atoms with Crippen LogP contribution in [-0.2, 0) is 4.79 Å². The lowest BCUT2D eigenvalue weighted by atomic mass is 9.76. The highest BCUT2D eigenvalue weighted by atomic mass is 35.5. The van der Waals surface area contributed by atoms with E-state index in [2.05, 4.69) is 20.5 Å². The zero-order valence-electron chi connectivity index (χ0n) is 16.1. The van der Waals surface area contributed by atoms with Gasteiger partial charge in [-0.3, -0.25) is 9.59 Å². The zero-order valence-corrected chi connectivity index (χ0v) is 16.9. The number of piperidine rings is 4. The van der Waals surface area contributed by atoms with Gasteiger partial charge in [0, 0.05) is 32.1 Å². The summed E-state index contributed by atoms with van der Waals surface area (Å²) in [6.45, 7) is 4.25. The van der Waals surface area contributed by atoms with E-state index in [9.17, 15) is 9.59 Å². The molecule has 8 nitrogen and oxygen atoms in total. The highest BCUT2D eigenvalue weighted by Crippen LogP contribution is 2.38. The van der Waals surface area contributed by atoms with Crippen LogP contribution in [0.15, 0.2) is 6.20 Å². The molecule has 1 N–H and O–H groups in total. The van der Waals surface area contributed by atoms with Gasteiger partial charge in [-0.05, 0) is 57.0 Å². The van der Waals surface area contributed by atoms with Crippen molar-refractivity contribution in [2.24, 2.45) is 11.8 Å². The zero-order chi connectivity index (χ0) is 18.4. The number of hydrogen-bond donors (Lipinski definition) is 1. The molecule has 3 atom stereocenters. The molecule has 4 aliphatic heterocycles. The summed E-state index contributed by atoms with van der Waals surface area (Å²) < 4.78 is 1.88. The Labute approximate surface area is 171 Å². The molecule has 5 rings (SSSR count). The highest BCUT2D eigenvalue weighted by Gasteiger charge is 2.45. The first kappa shape index (κ1) is 19.6. The molecule has 0 aromatic carbocycles. The third kappa shape index (κ3) is 3.52. The second-order valence-electron chi connectivity index (χ2n) is 8.64. The van der Waals surface area contributed by atoms with E-state index in [4.69, 9.17) is 0 Å². The molecular weight excluding hydrogens is 380 g/mol. The smallest absolute Gasteiger partial charge is 0.276 e. The average molecular weight is 409 g/mol. The van der Waals surface area contributed by atoms with Crippen LogP contribution in [0.5, 0.6) is 0 Å². The minimum absolute atomic E-state index is 0. The fourth-order valence-electron chi connectivity index (χ4n) is 5.56. The Morgan fingerprint density at radius 1 is 1.14 bits per heavy atom. The first-order chi connectivity index (χ1) is 13.2. The molecule has 9 heteroatoms. The summed E-state index contributed by atoms with van der Waals surface area (Å²) in [4.78, 5) is 29.4. The van der Waals surface area contributed by atoms with Crippen molar-refractivity contribution in [2.75, 3.05) is 32.7 Å². The van der Waals surface area contributed by atoms with Crippen LogP contribution in [0.25, 0.3) is 0 Å². The summed E-state index contributed by atoms with van der Waals surface area (Å²) in [6, 6.07) is 0.659. The summed E-state index contributed by atoms with van der Waals surface area (Å²) in [5.74, 6) is 1.11. The van der Waals surface area contributed by atoms with E-state index in [1.807, 2.05) is 15.8 Å². The van der Waals surface area contributed by atoms with Crippen LogP contribution in [0.4, 0.5) is 0 Å². The van der Waals surface area contributed by atoms with Gasteiger partial charge in [0.25, 0.3) is 5.91 Å². The topological polar surface area (TPSA) is 83.4 Å². The average Bonchev–Trinajstić information content (AvgIpc) is 3.19. The van der Waals surface area contributed by atoms with Crippen molar-refractivity contribution in [3.63, 3.8) is 0 Å². The lowest BCUT2D eigenvalue weighted by Crippen LogP contribution is -2.61. The van der Waals surface area contributed by atoms with Crippen LogP contribution >= 0.6 is 12.4 Å². The minimum Gasteiger partial charge on any atom is -0.339 e. The van der Waals surface area contributed by atoms with Crippen molar-refractivity contribution in [3.05, 3.63) is 11.9 Å². The van der Waals surface area contributed by atoms with Crippen molar-refractivity contribution >= 4 is 24.2 Å². The van der Waals surface area contributed by atoms with Gasteiger partial charge in [0.2, 0.25) is 5.91 Å². The summed E-state index contributed by atoms with van der Waals surface area (Å²) in [5.41, 5.74) is 0.463. The molecule has 0 aliphatic carbocycles. The molecule has 4 aliphatic rings. The molecule has 1 aromatic rings. The number of nitrogens with one attached hydrogen (secondary N) is 1. The van der Waals surface area contributed by atoms with Gasteiger partial charge in [0.15, 0.2) is 5.69 Å². The fourth-order valence-corrected chi connectivity index (χ4v) is 5.56. The molecule has 0 saturated carbocycles. The standard InChI is InChI=1S/C19H28N6O2.ClH/c26-18-3-1-2-17-14-8-13(10-24(17)18)9-23(11-14)19(27)16-12-25(22-21-16)15-4-6-20-7-5-15;/h12-15,17,20H,1-11H2;1H/t13-,14-,17+;/m1./s1. The van der Waals surface area contributed by atoms with E-state index < -0.39 is 0 Å². The van der Waals surface area contributed by atoms with Gasteiger partial charge in [-0.2, -0.15) is 0 Å². The number of rotatable bonds is 2. The fraction of sp³-hybridized carbons (Fsp3) is 0.789. The van der Waals surface area contributed by atoms with Crippen molar-refractivity contribution in [2.45, 2.75) is 50.6 Å². The highest BCUT2D eigenvalue weighted by molar-refractivity contribution is 5.92. The van der Waals surface area contributed by atoms with Gasteiger partial charge < -0.3 is 15.1 Å². The number of hydrogen-bond acceptors (Lipinski definition) is 5. The predicted molar refractivity (Wildman–Crippen MR) is 105 cm³/mol. The third-order valence-electron chi connectivity index (χ3n) is 6.88. The third-order valence-corrected chi connectivity index (χ3v) is 6.88. The summed E-state index contributed by atoms with van der Waals surface area (Å²) >= 11 is 0. The summed E-state index contributed by atoms with van der Waals surface area (Å²) in [7, 11) is 0. The van der Waals surface area contributed by atoms with Gasteiger partial charge in [-0.25, -0.2) is 4.68 Å². The van der Waals surface area contributed by atoms with Crippen LogP contribution < -0.4 is 5.32 Å². The summed E-state index contributed by atoms with van der Waals surface area (Å²) in [5, 5.41) is 11.8. The van der Waals surface area contributed by atoms with Crippen LogP contribution in [0.3, 0.4) is 0 Å². The largest absolute Gasteiger partial charge is 0.339 e. The molecule has 0 unspecified atom stereocenters. The van der Waals surface area contributed by atoms with E-state index in [1.165, 1.54) is 0 Å². The molecule has 5 heterocycles. The predicted octanol–water partition coefficient (Wildman–Crippen LogP) is 1.10.